The number of rotatable bonds is 5. The fraction of sp³-hybridized carbons (Fsp3) is 0.308. The van der Waals surface area contributed by atoms with Gasteiger partial charge in [0.25, 0.3) is 5.56 Å². The number of methoxy groups -OCH3 is 1. The van der Waals surface area contributed by atoms with Crippen molar-refractivity contribution in [2.24, 2.45) is 5.92 Å². The summed E-state index contributed by atoms with van der Waals surface area (Å²) in [5.74, 6) is 2.47. The zero-order chi connectivity index (χ0) is 22.2. The third-order valence-electron chi connectivity index (χ3n) is 6.12. The van der Waals surface area contributed by atoms with Gasteiger partial charge >= 0.3 is 0 Å². The summed E-state index contributed by atoms with van der Waals surface area (Å²) < 4.78 is 11.6. The lowest BCUT2D eigenvalue weighted by Crippen LogP contribution is -2.13. The van der Waals surface area contributed by atoms with E-state index in [1.54, 1.807) is 18.4 Å². The van der Waals surface area contributed by atoms with Crippen molar-refractivity contribution < 1.29 is 9.47 Å². The Labute approximate surface area is 191 Å². The number of thiophene rings is 1. The Morgan fingerprint density at radius 3 is 2.75 bits per heavy atom. The summed E-state index contributed by atoms with van der Waals surface area (Å²) in [7, 11) is 1.62. The SMILES string of the molecule is COc1cc(-c2nc3sc4c(c3c(=O)[nH]2)CCC(C)C4)ccc1OCc1ccc(C)cc1. The van der Waals surface area contributed by atoms with Gasteiger partial charge in [-0.1, -0.05) is 36.8 Å². The zero-order valence-corrected chi connectivity index (χ0v) is 19.3. The maximum Gasteiger partial charge on any atom is 0.260 e. The van der Waals surface area contributed by atoms with Gasteiger partial charge < -0.3 is 14.5 Å². The maximum absolute atomic E-state index is 12.9. The summed E-state index contributed by atoms with van der Waals surface area (Å²) in [5, 5.41) is 0.769. The third-order valence-corrected chi connectivity index (χ3v) is 7.27. The van der Waals surface area contributed by atoms with Crippen LogP contribution in [0.5, 0.6) is 11.5 Å². The molecule has 5 nitrogen and oxygen atoms in total. The van der Waals surface area contributed by atoms with Gasteiger partial charge in [0.2, 0.25) is 0 Å². The Morgan fingerprint density at radius 1 is 1.16 bits per heavy atom. The van der Waals surface area contributed by atoms with Crippen molar-refractivity contribution >= 4 is 21.6 Å². The highest BCUT2D eigenvalue weighted by atomic mass is 32.1. The maximum atomic E-state index is 12.9. The molecule has 6 heteroatoms. The van der Waals surface area contributed by atoms with Crippen LogP contribution >= 0.6 is 11.3 Å². The smallest absolute Gasteiger partial charge is 0.260 e. The molecule has 0 saturated carbocycles. The van der Waals surface area contributed by atoms with Crippen LogP contribution in [-0.2, 0) is 19.4 Å². The summed E-state index contributed by atoms with van der Waals surface area (Å²) in [5.41, 5.74) is 4.24. The molecule has 0 aliphatic heterocycles. The van der Waals surface area contributed by atoms with Crippen LogP contribution in [-0.4, -0.2) is 17.1 Å². The number of fused-ring (bicyclic) bond motifs is 3. The van der Waals surface area contributed by atoms with Gasteiger partial charge in [-0.15, -0.1) is 11.3 Å². The first-order valence-electron chi connectivity index (χ1n) is 10.9. The van der Waals surface area contributed by atoms with Crippen LogP contribution in [0.25, 0.3) is 21.6 Å². The molecule has 0 bridgehead atoms. The van der Waals surface area contributed by atoms with Crippen molar-refractivity contribution in [2.75, 3.05) is 7.11 Å². The topological polar surface area (TPSA) is 64.2 Å². The van der Waals surface area contributed by atoms with Crippen LogP contribution in [0.4, 0.5) is 0 Å². The summed E-state index contributed by atoms with van der Waals surface area (Å²) in [4.78, 5) is 22.9. The van der Waals surface area contributed by atoms with Gasteiger partial charge in [0, 0.05) is 10.4 Å². The number of benzene rings is 2. The van der Waals surface area contributed by atoms with E-state index in [1.807, 2.05) is 18.2 Å². The number of aryl methyl sites for hydroxylation is 2. The van der Waals surface area contributed by atoms with Crippen LogP contribution in [0.2, 0.25) is 0 Å². The predicted octanol–water partition coefficient (Wildman–Crippen LogP) is 5.67. The first kappa shape index (κ1) is 20.8. The van der Waals surface area contributed by atoms with Crippen molar-refractivity contribution in [2.45, 2.75) is 39.7 Å². The lowest BCUT2D eigenvalue weighted by molar-refractivity contribution is 0.284. The van der Waals surface area contributed by atoms with E-state index in [-0.39, 0.29) is 5.56 Å². The van der Waals surface area contributed by atoms with E-state index in [0.29, 0.717) is 29.8 Å². The van der Waals surface area contributed by atoms with Gasteiger partial charge in [-0.3, -0.25) is 4.79 Å². The molecule has 0 fully saturated rings. The molecule has 4 aromatic rings. The number of H-pyrrole nitrogens is 1. The number of hydrogen-bond donors (Lipinski definition) is 1. The van der Waals surface area contributed by atoms with E-state index in [4.69, 9.17) is 14.5 Å². The quantitative estimate of drug-likeness (QED) is 0.429. The Hall–Kier alpha value is -3.12. The molecule has 5 rings (SSSR count). The van der Waals surface area contributed by atoms with E-state index in [0.717, 1.165) is 40.6 Å². The summed E-state index contributed by atoms with van der Waals surface area (Å²) in [6.45, 7) is 4.79. The fourth-order valence-electron chi connectivity index (χ4n) is 4.27. The molecule has 0 amide bonds. The Bertz CT molecular complexity index is 1340. The van der Waals surface area contributed by atoms with E-state index in [1.165, 1.54) is 16.0 Å². The minimum atomic E-state index is -0.0595. The average Bonchev–Trinajstić information content (AvgIpc) is 3.16. The monoisotopic (exact) mass is 446 g/mol. The number of aromatic nitrogens is 2. The summed E-state index contributed by atoms with van der Waals surface area (Å²) >= 11 is 1.66. The molecule has 164 valence electrons. The molecule has 0 radical (unpaired) electrons. The van der Waals surface area contributed by atoms with E-state index >= 15 is 0 Å². The van der Waals surface area contributed by atoms with Gasteiger partial charge in [0.15, 0.2) is 11.5 Å². The highest BCUT2D eigenvalue weighted by Crippen LogP contribution is 2.37. The van der Waals surface area contributed by atoms with Crippen LogP contribution in [0.3, 0.4) is 0 Å². The van der Waals surface area contributed by atoms with Crippen molar-refractivity contribution in [3.05, 3.63) is 74.4 Å². The van der Waals surface area contributed by atoms with Crippen LogP contribution in [0, 0.1) is 12.8 Å². The molecular weight excluding hydrogens is 420 g/mol. The average molecular weight is 447 g/mol. The van der Waals surface area contributed by atoms with Crippen molar-refractivity contribution in [1.29, 1.82) is 0 Å². The second kappa shape index (κ2) is 8.43. The van der Waals surface area contributed by atoms with Crippen molar-refractivity contribution in [1.82, 2.24) is 9.97 Å². The lowest BCUT2D eigenvalue weighted by Gasteiger charge is -2.17. The van der Waals surface area contributed by atoms with Crippen LogP contribution in [0.15, 0.2) is 47.3 Å². The Kier molecular flexibility index (Phi) is 5.47. The van der Waals surface area contributed by atoms with Crippen LogP contribution in [0.1, 0.15) is 34.9 Å². The molecule has 2 aromatic heterocycles. The third kappa shape index (κ3) is 3.91. The minimum Gasteiger partial charge on any atom is -0.493 e. The second-order valence-corrected chi connectivity index (χ2v) is 9.67. The molecule has 1 atom stereocenters. The summed E-state index contributed by atoms with van der Waals surface area (Å²) in [6.07, 6.45) is 3.12. The van der Waals surface area contributed by atoms with Crippen LogP contribution < -0.4 is 15.0 Å². The highest BCUT2D eigenvalue weighted by Gasteiger charge is 2.23. The first-order valence-corrected chi connectivity index (χ1v) is 11.7. The number of hydrogen-bond acceptors (Lipinski definition) is 5. The first-order chi connectivity index (χ1) is 15.5. The van der Waals surface area contributed by atoms with E-state index in [2.05, 4.69) is 43.1 Å². The fourth-order valence-corrected chi connectivity index (χ4v) is 5.65. The van der Waals surface area contributed by atoms with Gasteiger partial charge in [0.05, 0.1) is 12.5 Å². The number of nitrogens with zero attached hydrogens (tertiary/aromatic N) is 1. The molecule has 1 N–H and O–H groups in total. The molecule has 0 saturated heterocycles. The van der Waals surface area contributed by atoms with Gasteiger partial charge in [-0.05, 0) is 61.4 Å². The molecule has 1 aliphatic rings. The van der Waals surface area contributed by atoms with Gasteiger partial charge in [-0.25, -0.2) is 4.98 Å². The predicted molar refractivity (Wildman–Crippen MR) is 129 cm³/mol. The summed E-state index contributed by atoms with van der Waals surface area (Å²) in [6, 6.07) is 13.9. The molecule has 1 aliphatic carbocycles. The Balaban J connectivity index is 1.45. The Morgan fingerprint density at radius 2 is 1.97 bits per heavy atom. The van der Waals surface area contributed by atoms with Crippen molar-refractivity contribution in [3.8, 4) is 22.9 Å². The van der Waals surface area contributed by atoms with E-state index < -0.39 is 0 Å². The zero-order valence-electron chi connectivity index (χ0n) is 18.5. The van der Waals surface area contributed by atoms with Gasteiger partial charge in [0.1, 0.15) is 17.3 Å². The second-order valence-electron chi connectivity index (χ2n) is 8.59. The molecule has 2 aromatic carbocycles. The molecule has 1 unspecified atom stereocenters. The standard InChI is InChI=1S/C26H26N2O3S/c1-15-4-7-17(8-5-15)14-31-20-11-9-18(13-21(20)30-3)24-27-25(29)23-19-10-6-16(2)12-22(19)32-26(23)28-24/h4-5,7-9,11,13,16H,6,10,12,14H2,1-3H3,(H,27,28,29). The highest BCUT2D eigenvalue weighted by molar-refractivity contribution is 7.18. The number of nitrogens with one attached hydrogen (secondary N) is 1. The lowest BCUT2D eigenvalue weighted by atomic mass is 9.89. The largest absolute Gasteiger partial charge is 0.493 e. The number of ether oxygens (including phenoxy) is 2. The normalized spacial score (nSPS) is 15.5. The molecular formula is C26H26N2O3S. The van der Waals surface area contributed by atoms with Crippen molar-refractivity contribution in [3.63, 3.8) is 0 Å². The van der Waals surface area contributed by atoms with Gasteiger partial charge in [-0.2, -0.15) is 0 Å². The minimum absolute atomic E-state index is 0.0595. The molecule has 32 heavy (non-hydrogen) atoms. The molecule has 2 heterocycles. The van der Waals surface area contributed by atoms with E-state index in [9.17, 15) is 4.79 Å². The number of aromatic amines is 1. The molecule has 0 spiro atoms.